The number of carbonyl (C=O) groups is 1. The lowest BCUT2D eigenvalue weighted by atomic mass is 9.85. The van der Waals surface area contributed by atoms with Gasteiger partial charge in [0.25, 0.3) is 0 Å². The van der Waals surface area contributed by atoms with Gasteiger partial charge in [0.05, 0.1) is 6.54 Å². The Morgan fingerprint density at radius 3 is 3.28 bits per heavy atom. The van der Waals surface area contributed by atoms with E-state index in [1.54, 1.807) is 6.07 Å². The van der Waals surface area contributed by atoms with Crippen molar-refractivity contribution in [3.63, 3.8) is 0 Å². The van der Waals surface area contributed by atoms with E-state index in [2.05, 4.69) is 22.7 Å². The second kappa shape index (κ2) is 6.54. The molecule has 5 nitrogen and oxygen atoms in total. The number of rotatable bonds is 5. The molecular formula is C13H21N3O2. The predicted molar refractivity (Wildman–Crippen MR) is 67.7 cm³/mol. The van der Waals surface area contributed by atoms with Crippen molar-refractivity contribution >= 4 is 5.91 Å². The lowest BCUT2D eigenvalue weighted by Gasteiger charge is -2.27. The van der Waals surface area contributed by atoms with Gasteiger partial charge in [0, 0.05) is 12.5 Å². The molecule has 2 unspecified atom stereocenters. The van der Waals surface area contributed by atoms with Crippen LogP contribution in [0.1, 0.15) is 31.9 Å². The molecule has 0 bridgehead atoms. The highest BCUT2D eigenvalue weighted by atomic mass is 16.5. The second-order valence-corrected chi connectivity index (χ2v) is 5.06. The molecule has 2 heterocycles. The van der Waals surface area contributed by atoms with Crippen molar-refractivity contribution < 1.29 is 9.32 Å². The van der Waals surface area contributed by atoms with E-state index in [0.717, 1.165) is 18.8 Å². The molecule has 0 radical (unpaired) electrons. The molecule has 1 aliphatic heterocycles. The number of hydrogen-bond acceptors (Lipinski definition) is 4. The summed E-state index contributed by atoms with van der Waals surface area (Å²) in [5.41, 5.74) is 0.760. The van der Waals surface area contributed by atoms with Gasteiger partial charge in [0.15, 0.2) is 0 Å². The number of amides is 1. The Labute approximate surface area is 107 Å². The zero-order valence-corrected chi connectivity index (χ0v) is 10.8. The Morgan fingerprint density at radius 1 is 1.72 bits per heavy atom. The van der Waals surface area contributed by atoms with E-state index in [1.165, 1.54) is 19.1 Å². The van der Waals surface area contributed by atoms with Gasteiger partial charge in [0.2, 0.25) is 5.91 Å². The molecule has 5 heteroatoms. The normalized spacial score (nSPS) is 21.5. The maximum absolute atomic E-state index is 11.8. The van der Waals surface area contributed by atoms with Crippen LogP contribution < -0.4 is 10.6 Å². The van der Waals surface area contributed by atoms with Gasteiger partial charge in [-0.2, -0.15) is 0 Å². The summed E-state index contributed by atoms with van der Waals surface area (Å²) < 4.78 is 4.71. The number of piperidine rings is 1. The first-order valence-corrected chi connectivity index (χ1v) is 6.62. The van der Waals surface area contributed by atoms with Crippen molar-refractivity contribution in [2.24, 2.45) is 11.8 Å². The third-order valence-corrected chi connectivity index (χ3v) is 3.61. The topological polar surface area (TPSA) is 67.2 Å². The first-order valence-electron chi connectivity index (χ1n) is 6.62. The summed E-state index contributed by atoms with van der Waals surface area (Å²) >= 11 is 0. The van der Waals surface area contributed by atoms with Gasteiger partial charge in [0.1, 0.15) is 12.0 Å². The number of nitrogens with one attached hydrogen (secondary N) is 2. The molecule has 1 aromatic rings. The molecular weight excluding hydrogens is 230 g/mol. The summed E-state index contributed by atoms with van der Waals surface area (Å²) in [6, 6.07) is 1.76. The Kier molecular flexibility index (Phi) is 4.75. The Balaban J connectivity index is 1.69. The van der Waals surface area contributed by atoms with Crippen LogP contribution in [0.25, 0.3) is 0 Å². The largest absolute Gasteiger partial charge is 0.364 e. The summed E-state index contributed by atoms with van der Waals surface area (Å²) in [5.74, 6) is 1.14. The van der Waals surface area contributed by atoms with Gasteiger partial charge in [-0.25, -0.2) is 0 Å². The lowest BCUT2D eigenvalue weighted by molar-refractivity contribution is -0.122. The van der Waals surface area contributed by atoms with E-state index in [1.807, 2.05) is 0 Å². The molecule has 2 N–H and O–H groups in total. The summed E-state index contributed by atoms with van der Waals surface area (Å²) in [4.78, 5) is 11.8. The van der Waals surface area contributed by atoms with E-state index >= 15 is 0 Å². The Bertz CT molecular complexity index is 358. The van der Waals surface area contributed by atoms with Gasteiger partial charge in [-0.1, -0.05) is 12.1 Å². The van der Waals surface area contributed by atoms with Crippen molar-refractivity contribution in [1.29, 1.82) is 0 Å². The number of hydrogen-bond donors (Lipinski definition) is 2. The first-order chi connectivity index (χ1) is 8.75. The molecule has 1 aromatic heterocycles. The summed E-state index contributed by atoms with van der Waals surface area (Å²) in [7, 11) is 0. The third-order valence-electron chi connectivity index (χ3n) is 3.61. The lowest BCUT2D eigenvalue weighted by Crippen LogP contribution is -2.35. The molecule has 1 amide bonds. The molecule has 1 aliphatic rings. The third kappa shape index (κ3) is 3.84. The van der Waals surface area contributed by atoms with Crippen LogP contribution in [0, 0.1) is 11.8 Å². The van der Waals surface area contributed by atoms with E-state index < -0.39 is 0 Å². The minimum absolute atomic E-state index is 0.0936. The highest BCUT2D eigenvalue weighted by molar-refractivity contribution is 5.76. The quantitative estimate of drug-likeness (QED) is 0.828. The fourth-order valence-electron chi connectivity index (χ4n) is 2.41. The van der Waals surface area contributed by atoms with Crippen LogP contribution in [-0.2, 0) is 11.3 Å². The standard InChI is InChI=1S/C13H21N3O2/c1-10(11-3-2-5-14-8-11)7-13(17)15-9-12-4-6-18-16-12/h4,6,10-11,14H,2-3,5,7-9H2,1H3,(H,15,17). The second-order valence-electron chi connectivity index (χ2n) is 5.06. The molecule has 0 saturated carbocycles. The molecule has 100 valence electrons. The van der Waals surface area contributed by atoms with Gasteiger partial charge in [-0.15, -0.1) is 0 Å². The summed E-state index contributed by atoms with van der Waals surface area (Å²) in [6.45, 7) is 4.76. The van der Waals surface area contributed by atoms with E-state index in [-0.39, 0.29) is 5.91 Å². The zero-order chi connectivity index (χ0) is 12.8. The molecule has 2 atom stereocenters. The molecule has 18 heavy (non-hydrogen) atoms. The predicted octanol–water partition coefficient (Wildman–Crippen LogP) is 1.32. The Hall–Kier alpha value is -1.36. The van der Waals surface area contributed by atoms with Gasteiger partial charge in [-0.3, -0.25) is 4.79 Å². The fraction of sp³-hybridized carbons (Fsp3) is 0.692. The average molecular weight is 251 g/mol. The highest BCUT2D eigenvalue weighted by Gasteiger charge is 2.21. The van der Waals surface area contributed by atoms with Crippen molar-refractivity contribution in [3.8, 4) is 0 Å². The maximum atomic E-state index is 11.8. The summed E-state index contributed by atoms with van der Waals surface area (Å²) in [6.07, 6.45) is 4.54. The molecule has 1 saturated heterocycles. The van der Waals surface area contributed by atoms with Crippen LogP contribution in [0.3, 0.4) is 0 Å². The highest BCUT2D eigenvalue weighted by Crippen LogP contribution is 2.22. The minimum atomic E-state index is 0.0936. The molecule has 0 aromatic carbocycles. The van der Waals surface area contributed by atoms with Crippen LogP contribution in [0.4, 0.5) is 0 Å². The SMILES string of the molecule is CC(CC(=O)NCc1ccon1)C1CCCNC1. The maximum Gasteiger partial charge on any atom is 0.220 e. The Morgan fingerprint density at radius 2 is 2.61 bits per heavy atom. The van der Waals surface area contributed by atoms with Gasteiger partial charge >= 0.3 is 0 Å². The van der Waals surface area contributed by atoms with Crippen LogP contribution in [-0.4, -0.2) is 24.2 Å². The molecule has 0 spiro atoms. The van der Waals surface area contributed by atoms with Crippen molar-refractivity contribution in [2.75, 3.05) is 13.1 Å². The van der Waals surface area contributed by atoms with E-state index in [9.17, 15) is 4.79 Å². The number of carbonyl (C=O) groups excluding carboxylic acids is 1. The van der Waals surface area contributed by atoms with Crippen LogP contribution in [0.15, 0.2) is 16.9 Å². The first kappa shape index (κ1) is 13.1. The van der Waals surface area contributed by atoms with Crippen LogP contribution >= 0.6 is 0 Å². The van der Waals surface area contributed by atoms with Crippen molar-refractivity contribution in [2.45, 2.75) is 32.7 Å². The monoisotopic (exact) mass is 251 g/mol. The van der Waals surface area contributed by atoms with Crippen molar-refractivity contribution in [3.05, 3.63) is 18.0 Å². The smallest absolute Gasteiger partial charge is 0.220 e. The molecule has 2 rings (SSSR count). The molecule has 0 aliphatic carbocycles. The summed E-state index contributed by atoms with van der Waals surface area (Å²) in [5, 5.41) is 10.0. The van der Waals surface area contributed by atoms with Gasteiger partial charge < -0.3 is 15.2 Å². The average Bonchev–Trinajstić information content (AvgIpc) is 2.90. The molecule has 1 fully saturated rings. The van der Waals surface area contributed by atoms with Crippen LogP contribution in [0.5, 0.6) is 0 Å². The van der Waals surface area contributed by atoms with Crippen LogP contribution in [0.2, 0.25) is 0 Å². The zero-order valence-electron chi connectivity index (χ0n) is 10.8. The van der Waals surface area contributed by atoms with E-state index in [4.69, 9.17) is 4.52 Å². The minimum Gasteiger partial charge on any atom is -0.364 e. The van der Waals surface area contributed by atoms with Gasteiger partial charge in [-0.05, 0) is 37.8 Å². The van der Waals surface area contributed by atoms with E-state index in [0.29, 0.717) is 24.8 Å². The fourth-order valence-corrected chi connectivity index (χ4v) is 2.41. The number of nitrogens with zero attached hydrogens (tertiary/aromatic N) is 1. The number of aromatic nitrogens is 1. The van der Waals surface area contributed by atoms with Crippen molar-refractivity contribution in [1.82, 2.24) is 15.8 Å².